The minimum atomic E-state index is -0.268. The number of nitrogens with zero attached hydrogens (tertiary/aromatic N) is 3. The molecule has 1 fully saturated rings. The lowest BCUT2D eigenvalue weighted by molar-refractivity contribution is 0.0691. The molecule has 1 aromatic heterocycles. The third-order valence-electron chi connectivity index (χ3n) is 4.21. The smallest absolute Gasteiger partial charge is 0.409 e. The number of likely N-dealkylation sites (tertiary alicyclic amines) is 1. The topological polar surface area (TPSA) is 73.8 Å². The molecular formula is C18H22ClN3O4. The maximum absolute atomic E-state index is 11.8. The van der Waals surface area contributed by atoms with Gasteiger partial charge < -0.3 is 19.1 Å². The maximum Gasteiger partial charge on any atom is 0.409 e. The second-order valence-electron chi connectivity index (χ2n) is 5.92. The second-order valence-corrected chi connectivity index (χ2v) is 6.27. The summed E-state index contributed by atoms with van der Waals surface area (Å²) in [6.45, 7) is 5.82. The third-order valence-corrected chi connectivity index (χ3v) is 4.51. The molecule has 26 heavy (non-hydrogen) atoms. The Hall–Kier alpha value is -2.28. The van der Waals surface area contributed by atoms with E-state index >= 15 is 0 Å². The number of rotatable bonds is 5. The number of hydrogen-bond donors (Lipinski definition) is 0. The zero-order chi connectivity index (χ0) is 18.5. The summed E-state index contributed by atoms with van der Waals surface area (Å²) in [6.07, 6.45) is 2.59. The third kappa shape index (κ3) is 4.09. The van der Waals surface area contributed by atoms with Crippen LogP contribution in [0.1, 0.15) is 26.7 Å². The van der Waals surface area contributed by atoms with E-state index in [1.807, 2.05) is 19.1 Å². The number of aromatic nitrogens is 2. The Balaban J connectivity index is 1.75. The van der Waals surface area contributed by atoms with Gasteiger partial charge in [-0.25, -0.2) is 14.8 Å². The number of piperidine rings is 1. The molecule has 1 aliphatic heterocycles. The summed E-state index contributed by atoms with van der Waals surface area (Å²) in [4.78, 5) is 21.8. The first kappa shape index (κ1) is 18.5. The first-order valence-electron chi connectivity index (χ1n) is 8.77. The molecule has 3 rings (SSSR count). The predicted molar refractivity (Wildman–Crippen MR) is 98.0 cm³/mol. The molecule has 1 amide bonds. The van der Waals surface area contributed by atoms with Gasteiger partial charge in [0.25, 0.3) is 0 Å². The van der Waals surface area contributed by atoms with Gasteiger partial charge in [-0.05, 0) is 19.9 Å². The Labute approximate surface area is 157 Å². The van der Waals surface area contributed by atoms with Crippen LogP contribution in [0.4, 0.5) is 4.79 Å². The summed E-state index contributed by atoms with van der Waals surface area (Å²) in [7, 11) is 0. The fraction of sp³-hybridized carbons (Fsp3) is 0.500. The number of carbonyl (C=O) groups is 1. The molecule has 2 aromatic rings. The number of carbonyl (C=O) groups excluding carboxylic acids is 1. The van der Waals surface area contributed by atoms with Crippen LogP contribution in [0.3, 0.4) is 0 Å². The van der Waals surface area contributed by atoms with Crippen molar-refractivity contribution in [3.8, 4) is 11.5 Å². The highest BCUT2D eigenvalue weighted by molar-refractivity contribution is 6.34. The molecule has 0 radical (unpaired) electrons. The van der Waals surface area contributed by atoms with E-state index in [2.05, 4.69) is 9.97 Å². The van der Waals surface area contributed by atoms with Crippen molar-refractivity contribution < 1.29 is 19.0 Å². The van der Waals surface area contributed by atoms with E-state index in [1.54, 1.807) is 11.8 Å². The van der Waals surface area contributed by atoms with Gasteiger partial charge in [-0.1, -0.05) is 11.6 Å². The predicted octanol–water partition coefficient (Wildman–Crippen LogP) is 3.68. The zero-order valence-electron chi connectivity index (χ0n) is 14.9. The molecular weight excluding hydrogens is 358 g/mol. The number of halogens is 1. The van der Waals surface area contributed by atoms with Gasteiger partial charge in [0.05, 0.1) is 18.7 Å². The molecule has 0 unspecified atom stereocenters. The van der Waals surface area contributed by atoms with Crippen LogP contribution in [0.2, 0.25) is 5.15 Å². The molecule has 0 bridgehead atoms. The van der Waals surface area contributed by atoms with Gasteiger partial charge in [-0.3, -0.25) is 0 Å². The minimum Gasteiger partial charge on any atom is -0.490 e. The van der Waals surface area contributed by atoms with Crippen LogP contribution in [0.5, 0.6) is 11.5 Å². The molecule has 0 atom stereocenters. The van der Waals surface area contributed by atoms with Gasteiger partial charge in [-0.15, -0.1) is 0 Å². The standard InChI is InChI=1S/C18H22ClN3O4/c1-3-24-15-10-14-13(17(19)21-11-20-14)9-16(15)26-12-5-7-22(8-6-12)18(23)25-4-2/h9-12H,3-8H2,1-2H3. The molecule has 0 aliphatic carbocycles. The average Bonchev–Trinajstić information content (AvgIpc) is 2.64. The molecule has 1 saturated heterocycles. The van der Waals surface area contributed by atoms with Gasteiger partial charge in [0.1, 0.15) is 17.6 Å². The average molecular weight is 380 g/mol. The summed E-state index contributed by atoms with van der Waals surface area (Å²) in [5.41, 5.74) is 0.706. The fourth-order valence-electron chi connectivity index (χ4n) is 2.94. The Morgan fingerprint density at radius 1 is 1.19 bits per heavy atom. The number of amides is 1. The summed E-state index contributed by atoms with van der Waals surface area (Å²) in [5.74, 6) is 1.24. The lowest BCUT2D eigenvalue weighted by atomic mass is 10.1. The van der Waals surface area contributed by atoms with Crippen LogP contribution in [-0.4, -0.2) is 53.4 Å². The van der Waals surface area contributed by atoms with Crippen molar-refractivity contribution >= 4 is 28.6 Å². The largest absolute Gasteiger partial charge is 0.490 e. The summed E-state index contributed by atoms with van der Waals surface area (Å²) >= 11 is 6.18. The number of ether oxygens (including phenoxy) is 3. The first-order valence-corrected chi connectivity index (χ1v) is 9.15. The van der Waals surface area contributed by atoms with Crippen LogP contribution in [0.25, 0.3) is 10.9 Å². The number of benzene rings is 1. The monoisotopic (exact) mass is 379 g/mol. The Bertz CT molecular complexity index is 778. The highest BCUT2D eigenvalue weighted by atomic mass is 35.5. The quantitative estimate of drug-likeness (QED) is 0.738. The normalized spacial score (nSPS) is 15.1. The van der Waals surface area contributed by atoms with Gasteiger partial charge in [0.15, 0.2) is 11.5 Å². The van der Waals surface area contributed by atoms with Crippen LogP contribution in [0, 0.1) is 0 Å². The highest BCUT2D eigenvalue weighted by Gasteiger charge is 2.25. The van der Waals surface area contributed by atoms with E-state index in [-0.39, 0.29) is 12.2 Å². The van der Waals surface area contributed by atoms with E-state index in [1.165, 1.54) is 6.33 Å². The summed E-state index contributed by atoms with van der Waals surface area (Å²) in [6, 6.07) is 3.63. The summed E-state index contributed by atoms with van der Waals surface area (Å²) < 4.78 is 16.9. The van der Waals surface area contributed by atoms with Gasteiger partial charge in [0.2, 0.25) is 0 Å². The molecule has 0 spiro atoms. The van der Waals surface area contributed by atoms with Crippen LogP contribution in [-0.2, 0) is 4.74 Å². The molecule has 1 aromatic carbocycles. The van der Waals surface area contributed by atoms with Gasteiger partial charge >= 0.3 is 6.09 Å². The second kappa shape index (κ2) is 8.40. The maximum atomic E-state index is 11.8. The van der Waals surface area contributed by atoms with Crippen molar-refractivity contribution in [3.05, 3.63) is 23.6 Å². The van der Waals surface area contributed by atoms with Crippen molar-refractivity contribution in [2.75, 3.05) is 26.3 Å². The highest BCUT2D eigenvalue weighted by Crippen LogP contribution is 2.35. The molecule has 1 aliphatic rings. The molecule has 7 nitrogen and oxygen atoms in total. The van der Waals surface area contributed by atoms with Crippen molar-refractivity contribution in [3.63, 3.8) is 0 Å². The lowest BCUT2D eigenvalue weighted by Gasteiger charge is -2.31. The lowest BCUT2D eigenvalue weighted by Crippen LogP contribution is -2.42. The Morgan fingerprint density at radius 2 is 1.96 bits per heavy atom. The van der Waals surface area contributed by atoms with E-state index in [0.29, 0.717) is 48.5 Å². The first-order chi connectivity index (χ1) is 12.6. The van der Waals surface area contributed by atoms with Crippen molar-refractivity contribution in [2.45, 2.75) is 32.8 Å². The van der Waals surface area contributed by atoms with Crippen LogP contribution >= 0.6 is 11.6 Å². The van der Waals surface area contributed by atoms with Crippen molar-refractivity contribution in [1.82, 2.24) is 14.9 Å². The SMILES string of the molecule is CCOC(=O)N1CCC(Oc2cc3c(Cl)ncnc3cc2OCC)CC1. The van der Waals surface area contributed by atoms with Gasteiger partial charge in [0, 0.05) is 37.4 Å². The molecule has 2 heterocycles. The van der Waals surface area contributed by atoms with E-state index in [9.17, 15) is 4.79 Å². The minimum absolute atomic E-state index is 0.0132. The van der Waals surface area contributed by atoms with Crippen molar-refractivity contribution in [1.29, 1.82) is 0 Å². The molecule has 0 N–H and O–H groups in total. The Morgan fingerprint density at radius 3 is 2.65 bits per heavy atom. The molecule has 0 saturated carbocycles. The van der Waals surface area contributed by atoms with Crippen molar-refractivity contribution in [2.24, 2.45) is 0 Å². The molecule has 140 valence electrons. The van der Waals surface area contributed by atoms with E-state index < -0.39 is 0 Å². The van der Waals surface area contributed by atoms with E-state index in [4.69, 9.17) is 25.8 Å². The number of fused-ring (bicyclic) bond motifs is 1. The summed E-state index contributed by atoms with van der Waals surface area (Å²) in [5, 5.41) is 1.09. The van der Waals surface area contributed by atoms with E-state index in [0.717, 1.165) is 18.2 Å². The van der Waals surface area contributed by atoms with Gasteiger partial charge in [-0.2, -0.15) is 0 Å². The van der Waals surface area contributed by atoms with Crippen LogP contribution < -0.4 is 9.47 Å². The Kier molecular flexibility index (Phi) is 5.98. The zero-order valence-corrected chi connectivity index (χ0v) is 15.7. The molecule has 8 heteroatoms. The fourth-order valence-corrected chi connectivity index (χ4v) is 3.14. The number of hydrogen-bond acceptors (Lipinski definition) is 6. The van der Waals surface area contributed by atoms with Crippen LogP contribution in [0.15, 0.2) is 18.5 Å².